The predicted octanol–water partition coefficient (Wildman–Crippen LogP) is 4.49. The molecular weight excluding hydrogens is 370 g/mol. The topological polar surface area (TPSA) is 81.7 Å². The van der Waals surface area contributed by atoms with Gasteiger partial charge in [-0.3, -0.25) is 4.79 Å². The maximum absolute atomic E-state index is 12.7. The van der Waals surface area contributed by atoms with Crippen molar-refractivity contribution in [1.29, 1.82) is 0 Å². The third-order valence-electron chi connectivity index (χ3n) is 4.11. The monoisotopic (exact) mass is 393 g/mol. The molecule has 3 aromatic rings. The molecule has 0 radical (unpaired) electrons. The van der Waals surface area contributed by atoms with E-state index in [2.05, 4.69) is 15.6 Å². The van der Waals surface area contributed by atoms with E-state index in [0.29, 0.717) is 40.9 Å². The number of nitrogens with one attached hydrogen (secondary N) is 2. The van der Waals surface area contributed by atoms with E-state index in [1.165, 1.54) is 0 Å². The first-order valence-corrected chi connectivity index (χ1v) is 9.13. The summed E-state index contributed by atoms with van der Waals surface area (Å²) in [4.78, 5) is 17.0. The third-order valence-corrected chi connectivity index (χ3v) is 4.11. The van der Waals surface area contributed by atoms with Crippen molar-refractivity contribution in [3.05, 3.63) is 66.4 Å². The van der Waals surface area contributed by atoms with Gasteiger partial charge in [-0.05, 0) is 43.3 Å². The Hall–Kier alpha value is -3.74. The minimum atomic E-state index is -0.255. The number of ether oxygens (including phenoxy) is 3. The quantitative estimate of drug-likeness (QED) is 0.587. The summed E-state index contributed by atoms with van der Waals surface area (Å²) < 4.78 is 16.1. The molecule has 0 aliphatic carbocycles. The highest BCUT2D eigenvalue weighted by Crippen LogP contribution is 2.31. The number of carbonyl (C=O) groups excluding carboxylic acids is 1. The molecule has 3 rings (SSSR count). The molecule has 1 amide bonds. The van der Waals surface area contributed by atoms with E-state index in [4.69, 9.17) is 14.2 Å². The van der Waals surface area contributed by atoms with Gasteiger partial charge >= 0.3 is 0 Å². The Morgan fingerprint density at radius 3 is 2.52 bits per heavy atom. The van der Waals surface area contributed by atoms with Gasteiger partial charge in [-0.25, -0.2) is 4.98 Å². The predicted molar refractivity (Wildman–Crippen MR) is 113 cm³/mol. The summed E-state index contributed by atoms with van der Waals surface area (Å²) in [5.74, 6) is 2.13. The number of pyridine rings is 1. The van der Waals surface area contributed by atoms with Gasteiger partial charge in [0.15, 0.2) is 11.5 Å². The Morgan fingerprint density at radius 1 is 0.966 bits per heavy atom. The van der Waals surface area contributed by atoms with Crippen LogP contribution in [0.4, 0.5) is 17.2 Å². The molecule has 0 unspecified atom stereocenters. The molecule has 0 saturated heterocycles. The number of amides is 1. The first-order valence-electron chi connectivity index (χ1n) is 9.13. The molecule has 29 heavy (non-hydrogen) atoms. The fourth-order valence-corrected chi connectivity index (χ4v) is 2.75. The molecule has 0 aliphatic rings. The Balaban J connectivity index is 1.77. The lowest BCUT2D eigenvalue weighted by Crippen LogP contribution is -2.13. The van der Waals surface area contributed by atoms with Gasteiger partial charge in [0.05, 0.1) is 26.5 Å². The minimum absolute atomic E-state index is 0.255. The van der Waals surface area contributed by atoms with E-state index < -0.39 is 0 Å². The number of para-hydroxylation sites is 2. The molecule has 2 N–H and O–H groups in total. The smallest absolute Gasteiger partial charge is 0.255 e. The number of aromatic nitrogens is 1. The second kappa shape index (κ2) is 9.45. The second-order valence-corrected chi connectivity index (χ2v) is 6.01. The Morgan fingerprint density at radius 2 is 1.76 bits per heavy atom. The lowest BCUT2D eigenvalue weighted by Gasteiger charge is -2.13. The van der Waals surface area contributed by atoms with Crippen LogP contribution in [0.5, 0.6) is 17.2 Å². The summed E-state index contributed by atoms with van der Waals surface area (Å²) in [5, 5.41) is 6.05. The van der Waals surface area contributed by atoms with Crippen LogP contribution in [-0.2, 0) is 0 Å². The largest absolute Gasteiger partial charge is 0.493 e. The van der Waals surface area contributed by atoms with Crippen LogP contribution in [0.2, 0.25) is 0 Å². The molecule has 7 nitrogen and oxygen atoms in total. The fraction of sp³-hybridized carbons (Fsp3) is 0.182. The Kier molecular flexibility index (Phi) is 6.52. The van der Waals surface area contributed by atoms with Gasteiger partial charge in [0.25, 0.3) is 5.91 Å². The maximum Gasteiger partial charge on any atom is 0.255 e. The van der Waals surface area contributed by atoms with Crippen LogP contribution in [0.25, 0.3) is 0 Å². The molecule has 1 heterocycles. The van der Waals surface area contributed by atoms with Crippen LogP contribution in [0.1, 0.15) is 17.3 Å². The molecule has 0 saturated carbocycles. The van der Waals surface area contributed by atoms with Crippen molar-refractivity contribution >= 4 is 23.1 Å². The maximum atomic E-state index is 12.7. The van der Waals surface area contributed by atoms with E-state index in [0.717, 1.165) is 5.69 Å². The lowest BCUT2D eigenvalue weighted by molar-refractivity contribution is 0.102. The molecule has 1 aromatic heterocycles. The molecule has 2 aromatic carbocycles. The second-order valence-electron chi connectivity index (χ2n) is 6.01. The number of benzene rings is 2. The Bertz CT molecular complexity index is 991. The number of rotatable bonds is 8. The van der Waals surface area contributed by atoms with Crippen LogP contribution in [0.15, 0.2) is 60.8 Å². The number of methoxy groups -OCH3 is 2. The van der Waals surface area contributed by atoms with Gasteiger partial charge in [-0.15, -0.1) is 0 Å². The standard InChI is InChI=1S/C22H23N3O4/c1-4-29-18-8-6-5-7-17(18)25-22(26)15-11-12-23-21(13-15)24-16-9-10-19(27-2)20(14-16)28-3/h5-14H,4H2,1-3H3,(H,23,24)(H,25,26). The minimum Gasteiger partial charge on any atom is -0.493 e. The lowest BCUT2D eigenvalue weighted by atomic mass is 10.2. The number of carbonyl (C=O) groups is 1. The SMILES string of the molecule is CCOc1ccccc1NC(=O)c1ccnc(Nc2ccc(OC)c(OC)c2)c1. The summed E-state index contributed by atoms with van der Waals surface area (Å²) >= 11 is 0. The summed E-state index contributed by atoms with van der Waals surface area (Å²) in [6.45, 7) is 2.41. The summed E-state index contributed by atoms with van der Waals surface area (Å²) in [5.41, 5.74) is 1.84. The van der Waals surface area contributed by atoms with E-state index in [9.17, 15) is 4.79 Å². The molecule has 0 fully saturated rings. The van der Waals surface area contributed by atoms with E-state index >= 15 is 0 Å². The number of nitrogens with zero attached hydrogens (tertiary/aromatic N) is 1. The molecule has 0 atom stereocenters. The van der Waals surface area contributed by atoms with Crippen LogP contribution < -0.4 is 24.8 Å². The number of anilines is 3. The van der Waals surface area contributed by atoms with Crippen LogP contribution in [-0.4, -0.2) is 31.7 Å². The van der Waals surface area contributed by atoms with Crippen molar-refractivity contribution in [2.45, 2.75) is 6.92 Å². The molecular formula is C22H23N3O4. The van der Waals surface area contributed by atoms with Crippen molar-refractivity contribution in [3.63, 3.8) is 0 Å². The van der Waals surface area contributed by atoms with Crippen molar-refractivity contribution in [2.24, 2.45) is 0 Å². The normalized spacial score (nSPS) is 10.2. The van der Waals surface area contributed by atoms with Gasteiger partial charge < -0.3 is 24.8 Å². The molecule has 0 bridgehead atoms. The van der Waals surface area contributed by atoms with E-state index in [1.807, 2.05) is 31.2 Å². The summed E-state index contributed by atoms with van der Waals surface area (Å²) in [6.07, 6.45) is 1.58. The zero-order valence-electron chi connectivity index (χ0n) is 16.6. The average molecular weight is 393 g/mol. The Labute approximate surface area is 169 Å². The number of hydrogen-bond acceptors (Lipinski definition) is 6. The van der Waals surface area contributed by atoms with E-state index in [-0.39, 0.29) is 5.91 Å². The molecule has 0 aliphatic heterocycles. The first kappa shape index (κ1) is 20.0. The zero-order valence-corrected chi connectivity index (χ0v) is 16.6. The molecule has 7 heteroatoms. The van der Waals surface area contributed by atoms with Crippen LogP contribution in [0.3, 0.4) is 0 Å². The van der Waals surface area contributed by atoms with Crippen molar-refractivity contribution < 1.29 is 19.0 Å². The van der Waals surface area contributed by atoms with Gasteiger partial charge in [0, 0.05) is 23.5 Å². The van der Waals surface area contributed by atoms with Gasteiger partial charge in [0.1, 0.15) is 11.6 Å². The first-order chi connectivity index (χ1) is 14.1. The van der Waals surface area contributed by atoms with Gasteiger partial charge in [0.2, 0.25) is 0 Å². The summed E-state index contributed by atoms with van der Waals surface area (Å²) in [7, 11) is 3.16. The highest BCUT2D eigenvalue weighted by Gasteiger charge is 2.11. The van der Waals surface area contributed by atoms with Crippen LogP contribution in [0, 0.1) is 0 Å². The van der Waals surface area contributed by atoms with Gasteiger partial charge in [-0.2, -0.15) is 0 Å². The summed E-state index contributed by atoms with van der Waals surface area (Å²) in [6, 6.07) is 16.1. The van der Waals surface area contributed by atoms with Crippen LogP contribution >= 0.6 is 0 Å². The highest BCUT2D eigenvalue weighted by atomic mass is 16.5. The highest BCUT2D eigenvalue weighted by molar-refractivity contribution is 6.05. The third kappa shape index (κ3) is 4.95. The van der Waals surface area contributed by atoms with Crippen molar-refractivity contribution in [1.82, 2.24) is 4.98 Å². The molecule has 150 valence electrons. The zero-order chi connectivity index (χ0) is 20.6. The average Bonchev–Trinajstić information content (AvgIpc) is 2.75. The number of hydrogen-bond donors (Lipinski definition) is 2. The molecule has 0 spiro atoms. The van der Waals surface area contributed by atoms with Gasteiger partial charge in [-0.1, -0.05) is 12.1 Å². The van der Waals surface area contributed by atoms with Crippen molar-refractivity contribution in [2.75, 3.05) is 31.5 Å². The van der Waals surface area contributed by atoms with E-state index in [1.54, 1.807) is 50.7 Å². The fourth-order valence-electron chi connectivity index (χ4n) is 2.75. The van der Waals surface area contributed by atoms with Crippen molar-refractivity contribution in [3.8, 4) is 17.2 Å².